The van der Waals surface area contributed by atoms with Crippen LogP contribution in [0.1, 0.15) is 31.2 Å². The minimum absolute atomic E-state index is 0.162. The molecule has 108 valence electrons. The third kappa shape index (κ3) is 3.60. The van der Waals surface area contributed by atoms with Crippen molar-refractivity contribution in [1.82, 2.24) is 9.97 Å². The molecule has 1 heterocycles. The number of anilines is 3. The normalized spacial score (nSPS) is 10.3. The van der Waals surface area contributed by atoms with Gasteiger partial charge < -0.3 is 10.7 Å². The zero-order chi connectivity index (χ0) is 15.4. The number of hydrogen-bond acceptors (Lipinski definition) is 6. The molecule has 4 N–H and O–H groups in total. The molecule has 0 amide bonds. The molecule has 21 heavy (non-hydrogen) atoms. The van der Waals surface area contributed by atoms with Crippen molar-refractivity contribution in [3.63, 3.8) is 0 Å². The predicted octanol–water partition coefficient (Wildman–Crippen LogP) is 3.15. The number of aromatic nitrogens is 2. The molecule has 2 rings (SSSR count). The Morgan fingerprint density at radius 2 is 1.95 bits per heavy atom. The standard InChI is InChI=1S/C14H15ClN6/c1-8(2)14-19-12(6-13(20-14)21-17)18-11-4-3-9(7-16)5-10(11)15/h3-6,8H,17H2,1-2H3,(H2,18,19,20,21). The molecular weight excluding hydrogens is 288 g/mol. The summed E-state index contributed by atoms with van der Waals surface area (Å²) in [6.45, 7) is 3.99. The Morgan fingerprint density at radius 3 is 2.52 bits per heavy atom. The number of hydrazine groups is 1. The molecule has 1 aromatic heterocycles. The summed E-state index contributed by atoms with van der Waals surface area (Å²) in [6.07, 6.45) is 0. The first-order valence-electron chi connectivity index (χ1n) is 6.35. The van der Waals surface area contributed by atoms with E-state index in [0.29, 0.717) is 33.7 Å². The number of halogens is 1. The fourth-order valence-corrected chi connectivity index (χ4v) is 1.91. The van der Waals surface area contributed by atoms with Crippen LogP contribution < -0.4 is 16.6 Å². The maximum atomic E-state index is 8.84. The molecule has 0 aliphatic rings. The lowest BCUT2D eigenvalue weighted by Crippen LogP contribution is -2.12. The van der Waals surface area contributed by atoms with Gasteiger partial charge in [0.2, 0.25) is 0 Å². The Labute approximate surface area is 127 Å². The number of nitrogen functional groups attached to an aromatic ring is 1. The van der Waals surface area contributed by atoms with Crippen LogP contribution in [0.3, 0.4) is 0 Å². The fraction of sp³-hybridized carbons (Fsp3) is 0.214. The quantitative estimate of drug-likeness (QED) is 0.592. The molecule has 0 atom stereocenters. The Bertz CT molecular complexity index is 692. The molecule has 0 saturated carbocycles. The maximum Gasteiger partial charge on any atom is 0.145 e. The van der Waals surface area contributed by atoms with Crippen molar-refractivity contribution in [2.45, 2.75) is 19.8 Å². The molecule has 6 nitrogen and oxygen atoms in total. The van der Waals surface area contributed by atoms with E-state index < -0.39 is 0 Å². The highest BCUT2D eigenvalue weighted by Gasteiger charge is 2.09. The van der Waals surface area contributed by atoms with Crippen molar-refractivity contribution in [1.29, 1.82) is 5.26 Å². The second-order valence-corrected chi connectivity index (χ2v) is 5.13. The van der Waals surface area contributed by atoms with Crippen LogP contribution in [0.2, 0.25) is 5.02 Å². The van der Waals surface area contributed by atoms with Crippen LogP contribution in [0, 0.1) is 11.3 Å². The highest BCUT2D eigenvalue weighted by atomic mass is 35.5. The van der Waals surface area contributed by atoms with Crippen LogP contribution in [-0.2, 0) is 0 Å². The van der Waals surface area contributed by atoms with Gasteiger partial charge in [-0.15, -0.1) is 0 Å². The van der Waals surface area contributed by atoms with E-state index in [1.54, 1.807) is 24.3 Å². The van der Waals surface area contributed by atoms with Crippen LogP contribution in [0.15, 0.2) is 24.3 Å². The number of hydrogen-bond donors (Lipinski definition) is 3. The van der Waals surface area contributed by atoms with E-state index in [4.69, 9.17) is 22.7 Å². The monoisotopic (exact) mass is 302 g/mol. The van der Waals surface area contributed by atoms with Crippen LogP contribution in [0.25, 0.3) is 0 Å². The van der Waals surface area contributed by atoms with Gasteiger partial charge in [-0.1, -0.05) is 25.4 Å². The van der Waals surface area contributed by atoms with Crippen LogP contribution in [0.4, 0.5) is 17.3 Å². The van der Waals surface area contributed by atoms with Gasteiger partial charge in [-0.3, -0.25) is 0 Å². The summed E-state index contributed by atoms with van der Waals surface area (Å²) >= 11 is 6.14. The SMILES string of the molecule is CC(C)c1nc(NN)cc(Nc2ccc(C#N)cc2Cl)n1. The Morgan fingerprint density at radius 1 is 1.24 bits per heavy atom. The van der Waals surface area contributed by atoms with Crippen molar-refractivity contribution in [3.8, 4) is 6.07 Å². The van der Waals surface area contributed by atoms with Gasteiger partial charge in [-0.25, -0.2) is 15.8 Å². The number of benzene rings is 1. The van der Waals surface area contributed by atoms with Crippen molar-refractivity contribution < 1.29 is 0 Å². The Balaban J connectivity index is 2.35. The second-order valence-electron chi connectivity index (χ2n) is 4.73. The topological polar surface area (TPSA) is 99.6 Å². The second kappa shape index (κ2) is 6.39. The summed E-state index contributed by atoms with van der Waals surface area (Å²) in [7, 11) is 0. The highest BCUT2D eigenvalue weighted by molar-refractivity contribution is 6.33. The van der Waals surface area contributed by atoms with Crippen molar-refractivity contribution in [2.75, 3.05) is 10.7 Å². The first-order valence-corrected chi connectivity index (χ1v) is 6.73. The largest absolute Gasteiger partial charge is 0.339 e. The summed E-state index contributed by atoms with van der Waals surface area (Å²) < 4.78 is 0. The van der Waals surface area contributed by atoms with Crippen molar-refractivity contribution >= 4 is 28.9 Å². The summed E-state index contributed by atoms with van der Waals surface area (Å²) in [4.78, 5) is 8.70. The average Bonchev–Trinajstić information content (AvgIpc) is 2.48. The number of nitrogens with zero attached hydrogens (tertiary/aromatic N) is 3. The van der Waals surface area contributed by atoms with E-state index in [2.05, 4.69) is 20.7 Å². The molecule has 0 fully saturated rings. The molecule has 0 saturated heterocycles. The summed E-state index contributed by atoms with van der Waals surface area (Å²) in [5.41, 5.74) is 3.67. The number of nitrogens with one attached hydrogen (secondary N) is 2. The molecule has 7 heteroatoms. The van der Waals surface area contributed by atoms with E-state index in [0.717, 1.165) is 0 Å². The highest BCUT2D eigenvalue weighted by Crippen LogP contribution is 2.27. The number of nitriles is 1. The lowest BCUT2D eigenvalue weighted by atomic mass is 10.2. The molecule has 0 aliphatic heterocycles. The lowest BCUT2D eigenvalue weighted by Gasteiger charge is -2.12. The van der Waals surface area contributed by atoms with Gasteiger partial charge >= 0.3 is 0 Å². The Kier molecular flexibility index (Phi) is 4.58. The van der Waals surface area contributed by atoms with E-state index in [1.165, 1.54) is 0 Å². The van der Waals surface area contributed by atoms with Gasteiger partial charge in [0.15, 0.2) is 0 Å². The predicted molar refractivity (Wildman–Crippen MR) is 83.4 cm³/mol. The first kappa shape index (κ1) is 15.0. The van der Waals surface area contributed by atoms with E-state index in [9.17, 15) is 0 Å². The zero-order valence-electron chi connectivity index (χ0n) is 11.7. The van der Waals surface area contributed by atoms with Crippen LogP contribution in [-0.4, -0.2) is 9.97 Å². The molecule has 0 radical (unpaired) electrons. The molecule has 2 aromatic rings. The van der Waals surface area contributed by atoms with E-state index in [-0.39, 0.29) is 5.92 Å². The fourth-order valence-electron chi connectivity index (χ4n) is 1.69. The van der Waals surface area contributed by atoms with E-state index >= 15 is 0 Å². The first-order chi connectivity index (χ1) is 10.0. The molecule has 0 aliphatic carbocycles. The van der Waals surface area contributed by atoms with E-state index in [1.807, 2.05) is 19.9 Å². The summed E-state index contributed by atoms with van der Waals surface area (Å²) in [5.74, 6) is 7.34. The number of nitrogens with two attached hydrogens (primary N) is 1. The minimum atomic E-state index is 0.162. The van der Waals surface area contributed by atoms with Gasteiger partial charge in [0, 0.05) is 12.0 Å². The van der Waals surface area contributed by atoms with Gasteiger partial charge in [0.1, 0.15) is 17.5 Å². The molecule has 1 aromatic carbocycles. The molecule has 0 spiro atoms. The van der Waals surface area contributed by atoms with Gasteiger partial charge in [-0.2, -0.15) is 5.26 Å². The third-order valence-corrected chi connectivity index (χ3v) is 3.08. The molecule has 0 bridgehead atoms. The lowest BCUT2D eigenvalue weighted by molar-refractivity contribution is 0.777. The molecular formula is C14H15ClN6. The van der Waals surface area contributed by atoms with Gasteiger partial charge in [-0.05, 0) is 18.2 Å². The zero-order valence-corrected chi connectivity index (χ0v) is 12.4. The maximum absolute atomic E-state index is 8.84. The number of rotatable bonds is 4. The van der Waals surface area contributed by atoms with Gasteiger partial charge in [0.25, 0.3) is 0 Å². The van der Waals surface area contributed by atoms with Crippen LogP contribution in [0.5, 0.6) is 0 Å². The van der Waals surface area contributed by atoms with Crippen LogP contribution >= 0.6 is 11.6 Å². The smallest absolute Gasteiger partial charge is 0.145 e. The van der Waals surface area contributed by atoms with Crippen molar-refractivity contribution in [2.24, 2.45) is 5.84 Å². The van der Waals surface area contributed by atoms with Crippen molar-refractivity contribution in [3.05, 3.63) is 40.7 Å². The average molecular weight is 303 g/mol. The summed E-state index contributed by atoms with van der Waals surface area (Å²) in [5, 5.41) is 12.4. The third-order valence-electron chi connectivity index (χ3n) is 2.77. The molecule has 0 unspecified atom stereocenters. The minimum Gasteiger partial charge on any atom is -0.339 e. The van der Waals surface area contributed by atoms with Gasteiger partial charge in [0.05, 0.1) is 22.3 Å². The summed E-state index contributed by atoms with van der Waals surface area (Å²) in [6, 6.07) is 8.72. The Hall–Kier alpha value is -2.36.